The molecule has 0 unspecified atom stereocenters. The van der Waals surface area contributed by atoms with Crippen molar-refractivity contribution in [2.75, 3.05) is 13.1 Å². The molecule has 1 amide bonds. The predicted octanol–water partition coefficient (Wildman–Crippen LogP) is 2.53. The van der Waals surface area contributed by atoms with Crippen LogP contribution in [0, 0.1) is 12.8 Å². The fourth-order valence-corrected chi connectivity index (χ4v) is 5.01. The highest BCUT2D eigenvalue weighted by molar-refractivity contribution is 7.09. The van der Waals surface area contributed by atoms with Crippen LogP contribution in [0.25, 0.3) is 0 Å². The van der Waals surface area contributed by atoms with Crippen molar-refractivity contribution in [2.24, 2.45) is 5.92 Å². The molecule has 3 saturated heterocycles. The van der Waals surface area contributed by atoms with E-state index in [1.54, 1.807) is 22.7 Å². The van der Waals surface area contributed by atoms with Crippen LogP contribution in [0.2, 0.25) is 0 Å². The number of amides is 1. The maximum atomic E-state index is 12.8. The van der Waals surface area contributed by atoms with E-state index in [0.29, 0.717) is 18.5 Å². The molecule has 0 N–H and O–H groups in total. The van der Waals surface area contributed by atoms with Gasteiger partial charge in [0.05, 0.1) is 34.9 Å². The van der Waals surface area contributed by atoms with Gasteiger partial charge in [0.25, 0.3) is 0 Å². The van der Waals surface area contributed by atoms with Crippen LogP contribution in [-0.2, 0) is 17.9 Å². The summed E-state index contributed by atoms with van der Waals surface area (Å²) in [6.07, 6.45) is 2.13. The largest absolute Gasteiger partial charge is 0.332 e. The zero-order valence-electron chi connectivity index (χ0n) is 13.1. The van der Waals surface area contributed by atoms with Crippen molar-refractivity contribution in [3.05, 3.63) is 32.7 Å². The number of fused-ring (bicyclic) bond motifs is 4. The second-order valence-electron chi connectivity index (χ2n) is 6.43. The highest BCUT2D eigenvalue weighted by Crippen LogP contribution is 2.31. The fraction of sp³-hybridized carbons (Fsp3) is 0.562. The molecule has 7 heteroatoms. The zero-order valence-corrected chi connectivity index (χ0v) is 14.8. The van der Waals surface area contributed by atoms with Crippen LogP contribution >= 0.6 is 22.7 Å². The Morgan fingerprint density at radius 3 is 2.87 bits per heavy atom. The number of hydrogen-bond acceptors (Lipinski definition) is 6. The summed E-state index contributed by atoms with van der Waals surface area (Å²) in [5.41, 5.74) is 5.89. The number of aromatic nitrogens is 2. The molecule has 0 spiro atoms. The Morgan fingerprint density at radius 1 is 1.22 bits per heavy atom. The SMILES string of the molecule is Cc1ncsc1CN1C[C@H]2CC[C@@H](C1)N(Cc1cscn1)C2=O. The van der Waals surface area contributed by atoms with Crippen molar-refractivity contribution in [3.8, 4) is 0 Å². The summed E-state index contributed by atoms with van der Waals surface area (Å²) in [6.45, 7) is 5.49. The molecule has 2 atom stereocenters. The van der Waals surface area contributed by atoms with Crippen LogP contribution in [0.1, 0.15) is 29.1 Å². The van der Waals surface area contributed by atoms with Crippen molar-refractivity contribution in [3.63, 3.8) is 0 Å². The minimum Gasteiger partial charge on any atom is -0.332 e. The Labute approximate surface area is 144 Å². The lowest BCUT2D eigenvalue weighted by Crippen LogP contribution is -2.47. The van der Waals surface area contributed by atoms with E-state index >= 15 is 0 Å². The first-order valence-corrected chi connectivity index (χ1v) is 9.82. The molecule has 2 aromatic rings. The Hall–Kier alpha value is -1.31. The normalized spacial score (nSPS) is 25.1. The molecule has 122 valence electrons. The molecular weight excluding hydrogens is 328 g/mol. The fourth-order valence-electron chi connectivity index (χ4n) is 3.64. The van der Waals surface area contributed by atoms with Gasteiger partial charge in [-0.3, -0.25) is 9.69 Å². The minimum absolute atomic E-state index is 0.139. The number of hydrogen-bond donors (Lipinski definition) is 0. The molecule has 5 rings (SSSR count). The van der Waals surface area contributed by atoms with Crippen LogP contribution < -0.4 is 0 Å². The van der Waals surface area contributed by atoms with E-state index in [0.717, 1.165) is 43.9 Å². The first-order valence-electron chi connectivity index (χ1n) is 7.99. The third-order valence-corrected chi connectivity index (χ3v) is 6.45. The van der Waals surface area contributed by atoms with Gasteiger partial charge >= 0.3 is 0 Å². The van der Waals surface area contributed by atoms with Gasteiger partial charge in [0, 0.05) is 35.9 Å². The molecule has 23 heavy (non-hydrogen) atoms. The van der Waals surface area contributed by atoms with E-state index in [9.17, 15) is 4.79 Å². The number of carbonyl (C=O) groups excluding carboxylic acids is 1. The zero-order chi connectivity index (χ0) is 15.8. The molecule has 3 fully saturated rings. The standard InChI is InChI=1S/C16H20N4OS2/c1-11-15(23-10-17-11)7-19-4-12-2-3-14(6-19)20(16(12)21)5-13-8-22-9-18-13/h8-10,12,14H,2-7H2,1H3/t12-,14+/m1/s1. The summed E-state index contributed by atoms with van der Waals surface area (Å²) < 4.78 is 0. The third kappa shape index (κ3) is 3.05. The Kier molecular flexibility index (Phi) is 4.17. The van der Waals surface area contributed by atoms with Crippen molar-refractivity contribution < 1.29 is 4.79 Å². The smallest absolute Gasteiger partial charge is 0.227 e. The van der Waals surface area contributed by atoms with Crippen LogP contribution in [0.3, 0.4) is 0 Å². The molecule has 2 aromatic heterocycles. The minimum atomic E-state index is 0.139. The molecule has 0 aromatic carbocycles. The Bertz CT molecular complexity index is 684. The average Bonchev–Trinajstić information content (AvgIpc) is 3.10. The van der Waals surface area contributed by atoms with Crippen LogP contribution in [0.15, 0.2) is 16.4 Å². The Balaban J connectivity index is 1.51. The average molecular weight is 348 g/mol. The van der Waals surface area contributed by atoms with Crippen molar-refractivity contribution >= 4 is 28.6 Å². The number of nitrogens with zero attached hydrogens (tertiary/aromatic N) is 4. The maximum absolute atomic E-state index is 12.8. The molecule has 0 radical (unpaired) electrons. The first kappa shape index (κ1) is 15.2. The lowest BCUT2D eigenvalue weighted by molar-refractivity contribution is -0.140. The van der Waals surface area contributed by atoms with Crippen LogP contribution in [-0.4, -0.2) is 44.8 Å². The van der Waals surface area contributed by atoms with E-state index in [2.05, 4.69) is 26.7 Å². The lowest BCUT2D eigenvalue weighted by Gasteiger charge is -2.35. The van der Waals surface area contributed by atoms with Gasteiger partial charge in [0.1, 0.15) is 0 Å². The van der Waals surface area contributed by atoms with Gasteiger partial charge in [-0.05, 0) is 19.8 Å². The molecule has 0 aliphatic carbocycles. The van der Waals surface area contributed by atoms with Gasteiger partial charge in [0.2, 0.25) is 5.91 Å². The highest BCUT2D eigenvalue weighted by Gasteiger charge is 2.40. The molecule has 0 saturated carbocycles. The molecule has 2 bridgehead atoms. The molecular formula is C16H20N4OS2. The maximum Gasteiger partial charge on any atom is 0.227 e. The second kappa shape index (κ2) is 6.30. The van der Waals surface area contributed by atoms with E-state index in [-0.39, 0.29) is 5.92 Å². The molecule has 3 aliphatic rings. The lowest BCUT2D eigenvalue weighted by atomic mass is 9.94. The van der Waals surface area contributed by atoms with Gasteiger partial charge in [0.15, 0.2) is 0 Å². The second-order valence-corrected chi connectivity index (χ2v) is 8.09. The molecule has 3 aliphatic heterocycles. The van der Waals surface area contributed by atoms with Gasteiger partial charge < -0.3 is 4.90 Å². The van der Waals surface area contributed by atoms with Gasteiger partial charge in [-0.1, -0.05) is 0 Å². The Morgan fingerprint density at radius 2 is 2.13 bits per heavy atom. The van der Waals surface area contributed by atoms with Crippen molar-refractivity contribution in [2.45, 2.75) is 38.9 Å². The monoisotopic (exact) mass is 348 g/mol. The van der Waals surface area contributed by atoms with E-state index in [4.69, 9.17) is 0 Å². The topological polar surface area (TPSA) is 49.3 Å². The third-order valence-electron chi connectivity index (χ3n) is 4.90. The highest BCUT2D eigenvalue weighted by atomic mass is 32.1. The van der Waals surface area contributed by atoms with E-state index in [1.807, 2.05) is 16.4 Å². The van der Waals surface area contributed by atoms with Crippen LogP contribution in [0.5, 0.6) is 0 Å². The van der Waals surface area contributed by atoms with E-state index in [1.165, 1.54) is 4.88 Å². The summed E-state index contributed by atoms with van der Waals surface area (Å²) in [7, 11) is 0. The molecule has 5 heterocycles. The summed E-state index contributed by atoms with van der Waals surface area (Å²) in [6, 6.07) is 0.316. The van der Waals surface area contributed by atoms with Gasteiger partial charge in [-0.25, -0.2) is 9.97 Å². The molecule has 5 nitrogen and oxygen atoms in total. The van der Waals surface area contributed by atoms with E-state index < -0.39 is 0 Å². The number of thiazole rings is 2. The van der Waals surface area contributed by atoms with Crippen molar-refractivity contribution in [1.29, 1.82) is 0 Å². The van der Waals surface area contributed by atoms with Gasteiger partial charge in [-0.15, -0.1) is 22.7 Å². The summed E-state index contributed by atoms with van der Waals surface area (Å²) >= 11 is 3.31. The first-order chi connectivity index (χ1) is 11.2. The number of aryl methyl sites for hydroxylation is 1. The predicted molar refractivity (Wildman–Crippen MR) is 91.3 cm³/mol. The summed E-state index contributed by atoms with van der Waals surface area (Å²) in [4.78, 5) is 27.4. The number of rotatable bonds is 4. The number of piperidine rings is 1. The van der Waals surface area contributed by atoms with Gasteiger partial charge in [-0.2, -0.15) is 0 Å². The summed E-state index contributed by atoms with van der Waals surface area (Å²) in [5, 5.41) is 2.05. The van der Waals surface area contributed by atoms with Crippen molar-refractivity contribution in [1.82, 2.24) is 19.8 Å². The summed E-state index contributed by atoms with van der Waals surface area (Å²) in [5.74, 6) is 0.457. The van der Waals surface area contributed by atoms with Crippen LogP contribution in [0.4, 0.5) is 0 Å². The number of carbonyl (C=O) groups is 1. The quantitative estimate of drug-likeness (QED) is 0.852.